The minimum absolute atomic E-state index is 0.159. The molecule has 7 heteroatoms. The Morgan fingerprint density at radius 2 is 1.74 bits per heavy atom. The van der Waals surface area contributed by atoms with Gasteiger partial charge in [0.25, 0.3) is 0 Å². The molecule has 0 atom stereocenters. The van der Waals surface area contributed by atoms with Gasteiger partial charge in [-0.2, -0.15) is 8.78 Å². The summed E-state index contributed by atoms with van der Waals surface area (Å²) in [6.07, 6.45) is -4.04. The van der Waals surface area contributed by atoms with Gasteiger partial charge in [0.15, 0.2) is 0 Å². The van der Waals surface area contributed by atoms with Crippen molar-refractivity contribution in [1.29, 1.82) is 0 Å². The minimum Gasteiger partial charge on any atom is -0.497 e. The zero-order chi connectivity index (χ0) is 17.0. The Kier molecular flexibility index (Phi) is 5.05. The van der Waals surface area contributed by atoms with Crippen LogP contribution in [0, 0.1) is 6.92 Å². The summed E-state index contributed by atoms with van der Waals surface area (Å²) in [5, 5.41) is 2.47. The number of anilines is 1. The Morgan fingerprint density at radius 1 is 1.13 bits per heavy atom. The average Bonchev–Trinajstić information content (AvgIpc) is 2.52. The first-order valence-electron chi connectivity index (χ1n) is 6.61. The number of amides is 1. The van der Waals surface area contributed by atoms with Gasteiger partial charge in [-0.1, -0.05) is 17.7 Å². The van der Waals surface area contributed by atoms with Crippen molar-refractivity contribution in [3.63, 3.8) is 0 Å². The third-order valence-electron chi connectivity index (χ3n) is 3.09. The highest BCUT2D eigenvalue weighted by atomic mass is 35.5. The summed E-state index contributed by atoms with van der Waals surface area (Å²) in [7, 11) is 1.45. The first kappa shape index (κ1) is 17.0. The summed E-state index contributed by atoms with van der Waals surface area (Å²) in [4.78, 5) is 11.8. The average molecular weight is 342 g/mol. The number of halogens is 3. The van der Waals surface area contributed by atoms with Gasteiger partial charge in [-0.05, 0) is 48.9 Å². The molecule has 0 bridgehead atoms. The molecule has 0 aliphatic carbocycles. The molecule has 1 N–H and O–H groups in total. The highest BCUT2D eigenvalue weighted by Crippen LogP contribution is 2.27. The number of hydrogen-bond donors (Lipinski definition) is 1. The van der Waals surface area contributed by atoms with Crippen LogP contribution in [0.25, 0.3) is 0 Å². The van der Waals surface area contributed by atoms with E-state index in [0.717, 1.165) is 0 Å². The Labute approximate surface area is 137 Å². The van der Waals surface area contributed by atoms with Crippen LogP contribution in [0.3, 0.4) is 0 Å². The molecule has 23 heavy (non-hydrogen) atoms. The molecule has 0 saturated carbocycles. The van der Waals surface area contributed by atoms with E-state index >= 15 is 0 Å². The second-order valence-corrected chi connectivity index (χ2v) is 5.07. The molecule has 0 aromatic heterocycles. The number of methoxy groups -OCH3 is 1. The van der Waals surface area contributed by atoms with Crippen molar-refractivity contribution in [2.24, 2.45) is 0 Å². The highest BCUT2D eigenvalue weighted by molar-refractivity contribution is 6.31. The summed E-state index contributed by atoms with van der Waals surface area (Å²) in [6, 6.07) is 10.1. The van der Waals surface area contributed by atoms with Gasteiger partial charge in [0.05, 0.1) is 7.11 Å². The monoisotopic (exact) mass is 341 g/mol. The number of ether oxygens (including phenoxy) is 2. The lowest BCUT2D eigenvalue weighted by Gasteiger charge is -2.18. The van der Waals surface area contributed by atoms with E-state index in [0.29, 0.717) is 16.3 Å². The van der Waals surface area contributed by atoms with Gasteiger partial charge in [0.1, 0.15) is 11.5 Å². The van der Waals surface area contributed by atoms with Crippen molar-refractivity contribution in [3.8, 4) is 11.5 Å². The molecule has 122 valence electrons. The smallest absolute Gasteiger partial charge is 0.482 e. The first-order chi connectivity index (χ1) is 10.8. The Bertz CT molecular complexity index is 705. The largest absolute Gasteiger partial charge is 0.497 e. The van der Waals surface area contributed by atoms with Crippen molar-refractivity contribution in [2.45, 2.75) is 13.0 Å². The zero-order valence-electron chi connectivity index (χ0n) is 12.4. The van der Waals surface area contributed by atoms with E-state index in [1.54, 1.807) is 19.1 Å². The Hall–Kier alpha value is -2.34. The van der Waals surface area contributed by atoms with Crippen LogP contribution in [0.15, 0.2) is 42.5 Å². The summed E-state index contributed by atoms with van der Waals surface area (Å²) in [5.41, 5.74) is 0.684. The van der Waals surface area contributed by atoms with Crippen LogP contribution in [0.5, 0.6) is 11.5 Å². The maximum atomic E-state index is 13.9. The maximum Gasteiger partial charge on any atom is 0.482 e. The molecule has 1 amide bonds. The van der Waals surface area contributed by atoms with E-state index in [9.17, 15) is 13.6 Å². The van der Waals surface area contributed by atoms with Gasteiger partial charge < -0.3 is 14.8 Å². The SMILES string of the molecule is COc1ccc(OC(F)(F)C(=O)Nc2cccc(Cl)c2C)cc1. The van der Waals surface area contributed by atoms with Crippen LogP contribution >= 0.6 is 11.6 Å². The van der Waals surface area contributed by atoms with Crippen LogP contribution in [-0.2, 0) is 4.79 Å². The van der Waals surface area contributed by atoms with Crippen LogP contribution < -0.4 is 14.8 Å². The predicted octanol–water partition coefficient (Wildman–Crippen LogP) is 4.27. The molecule has 0 spiro atoms. The van der Waals surface area contributed by atoms with Gasteiger partial charge in [0, 0.05) is 10.7 Å². The number of carbonyl (C=O) groups excluding carboxylic acids is 1. The maximum absolute atomic E-state index is 13.9. The highest BCUT2D eigenvalue weighted by Gasteiger charge is 2.42. The second kappa shape index (κ2) is 6.83. The Balaban J connectivity index is 2.11. The molecule has 0 radical (unpaired) electrons. The van der Waals surface area contributed by atoms with Crippen molar-refractivity contribution < 1.29 is 23.0 Å². The van der Waals surface area contributed by atoms with Gasteiger partial charge in [-0.3, -0.25) is 4.79 Å². The lowest BCUT2D eigenvalue weighted by molar-refractivity contribution is -0.187. The van der Waals surface area contributed by atoms with Gasteiger partial charge in [-0.15, -0.1) is 0 Å². The van der Waals surface area contributed by atoms with E-state index in [4.69, 9.17) is 16.3 Å². The van der Waals surface area contributed by atoms with E-state index in [2.05, 4.69) is 10.1 Å². The zero-order valence-corrected chi connectivity index (χ0v) is 13.2. The molecule has 0 aliphatic heterocycles. The normalized spacial score (nSPS) is 11.0. The van der Waals surface area contributed by atoms with Crippen LogP contribution in [0.1, 0.15) is 5.56 Å². The van der Waals surface area contributed by atoms with Gasteiger partial charge in [0.2, 0.25) is 0 Å². The predicted molar refractivity (Wildman–Crippen MR) is 83.4 cm³/mol. The Morgan fingerprint density at radius 3 is 2.35 bits per heavy atom. The topological polar surface area (TPSA) is 47.6 Å². The van der Waals surface area contributed by atoms with Crippen LogP contribution in [0.4, 0.5) is 14.5 Å². The van der Waals surface area contributed by atoms with Crippen LogP contribution in [-0.4, -0.2) is 19.1 Å². The molecule has 2 rings (SSSR count). The molecule has 0 fully saturated rings. The van der Waals surface area contributed by atoms with Crippen molar-refractivity contribution in [1.82, 2.24) is 0 Å². The molecular weight excluding hydrogens is 328 g/mol. The third kappa shape index (κ3) is 4.10. The number of carbonyl (C=O) groups is 1. The second-order valence-electron chi connectivity index (χ2n) is 4.66. The summed E-state index contributed by atoms with van der Waals surface area (Å²) >= 11 is 5.89. The lowest BCUT2D eigenvalue weighted by Crippen LogP contribution is -2.40. The van der Waals surface area contributed by atoms with E-state index < -0.39 is 12.0 Å². The number of alkyl halides is 2. The molecule has 0 aliphatic rings. The fourth-order valence-corrected chi connectivity index (χ4v) is 1.95. The molecule has 0 heterocycles. The van der Waals surface area contributed by atoms with Gasteiger partial charge in [-0.25, -0.2) is 0 Å². The molecular formula is C16H14ClF2NO3. The van der Waals surface area contributed by atoms with Crippen molar-refractivity contribution in [2.75, 3.05) is 12.4 Å². The van der Waals surface area contributed by atoms with E-state index in [-0.39, 0.29) is 11.4 Å². The molecule has 0 saturated heterocycles. The third-order valence-corrected chi connectivity index (χ3v) is 3.50. The summed E-state index contributed by atoms with van der Waals surface area (Å²) in [6.45, 7) is 1.61. The molecule has 4 nitrogen and oxygen atoms in total. The lowest BCUT2D eigenvalue weighted by atomic mass is 10.2. The number of hydrogen-bond acceptors (Lipinski definition) is 3. The van der Waals surface area contributed by atoms with Gasteiger partial charge >= 0.3 is 12.0 Å². The number of nitrogens with one attached hydrogen (secondary N) is 1. The van der Waals surface area contributed by atoms with Crippen molar-refractivity contribution in [3.05, 3.63) is 53.1 Å². The standard InChI is InChI=1S/C16H14ClF2NO3/c1-10-13(17)4-3-5-14(10)20-15(21)16(18,19)23-12-8-6-11(22-2)7-9-12/h3-9H,1-2H3,(H,20,21). The molecule has 2 aromatic carbocycles. The quantitative estimate of drug-likeness (QED) is 0.883. The molecule has 0 unspecified atom stereocenters. The van der Waals surface area contributed by atoms with E-state index in [1.807, 2.05) is 0 Å². The number of rotatable bonds is 5. The fraction of sp³-hybridized carbons (Fsp3) is 0.188. The summed E-state index contributed by atoms with van der Waals surface area (Å²) < 4.78 is 37.2. The number of benzene rings is 2. The van der Waals surface area contributed by atoms with Crippen LogP contribution in [0.2, 0.25) is 5.02 Å². The summed E-state index contributed by atoms with van der Waals surface area (Å²) in [5.74, 6) is -1.26. The minimum atomic E-state index is -4.04. The van der Waals surface area contributed by atoms with E-state index in [1.165, 1.54) is 37.4 Å². The van der Waals surface area contributed by atoms with Crippen molar-refractivity contribution >= 4 is 23.2 Å². The first-order valence-corrected chi connectivity index (χ1v) is 6.99. The molecule has 2 aromatic rings. The fourth-order valence-electron chi connectivity index (χ4n) is 1.78.